The Hall–Kier alpha value is -2.24. The summed E-state index contributed by atoms with van der Waals surface area (Å²) >= 11 is 0. The number of carbonyl (C=O) groups excluding carboxylic acids is 2. The lowest BCUT2D eigenvalue weighted by Crippen LogP contribution is -2.44. The number of nitrogens with zero attached hydrogens (tertiary/aromatic N) is 2. The number of carbonyl (C=O) groups is 2. The van der Waals surface area contributed by atoms with Crippen LogP contribution in [0.15, 0.2) is 30.7 Å². The van der Waals surface area contributed by atoms with Gasteiger partial charge in [-0.15, -0.1) is 0 Å². The van der Waals surface area contributed by atoms with E-state index in [4.69, 9.17) is 0 Å². The molecular formula is C14H18N4O2. The average molecular weight is 274 g/mol. The van der Waals surface area contributed by atoms with E-state index in [1.54, 1.807) is 0 Å². The molecule has 1 atom stereocenters. The maximum Gasteiger partial charge on any atom is 0.289 e. The van der Waals surface area contributed by atoms with Crippen LogP contribution in [0.25, 0.3) is 0 Å². The number of allylic oxidation sites excluding steroid dienone is 2. The number of amides is 2. The molecule has 2 amide bonds. The van der Waals surface area contributed by atoms with Gasteiger partial charge in [-0.25, -0.2) is 4.98 Å². The van der Waals surface area contributed by atoms with Crippen LogP contribution < -0.4 is 10.9 Å². The Morgan fingerprint density at radius 2 is 1.95 bits per heavy atom. The molecule has 1 aliphatic carbocycles. The molecule has 0 radical (unpaired) electrons. The van der Waals surface area contributed by atoms with Crippen molar-refractivity contribution in [2.24, 2.45) is 5.92 Å². The molecule has 1 heterocycles. The zero-order valence-corrected chi connectivity index (χ0v) is 11.2. The summed E-state index contributed by atoms with van der Waals surface area (Å²) in [6.07, 6.45) is 13.1. The SMILES string of the molecule is O=C(NNC(=O)C1CC/C=C\CCC1)c1cnccn1. The predicted molar refractivity (Wildman–Crippen MR) is 73.4 cm³/mol. The Bertz CT molecular complexity index is 487. The van der Waals surface area contributed by atoms with Crippen molar-refractivity contribution in [3.8, 4) is 0 Å². The Labute approximate surface area is 117 Å². The number of rotatable bonds is 2. The molecule has 2 rings (SSSR count). The number of nitrogens with one attached hydrogen (secondary N) is 2. The summed E-state index contributed by atoms with van der Waals surface area (Å²) in [6.45, 7) is 0. The molecule has 0 spiro atoms. The largest absolute Gasteiger partial charge is 0.289 e. The fourth-order valence-electron chi connectivity index (χ4n) is 2.12. The molecule has 1 unspecified atom stereocenters. The normalized spacial score (nSPS) is 20.3. The molecule has 0 saturated carbocycles. The summed E-state index contributed by atoms with van der Waals surface area (Å²) in [5, 5.41) is 0. The first-order valence-corrected chi connectivity index (χ1v) is 6.78. The third-order valence-electron chi connectivity index (χ3n) is 3.24. The average Bonchev–Trinajstić information content (AvgIpc) is 2.45. The van der Waals surface area contributed by atoms with Gasteiger partial charge in [-0.05, 0) is 32.1 Å². The van der Waals surface area contributed by atoms with Gasteiger partial charge < -0.3 is 0 Å². The fraction of sp³-hybridized carbons (Fsp3) is 0.429. The summed E-state index contributed by atoms with van der Waals surface area (Å²) in [4.78, 5) is 31.4. The molecule has 106 valence electrons. The van der Waals surface area contributed by atoms with E-state index in [1.165, 1.54) is 18.6 Å². The quantitative estimate of drug-likeness (QED) is 0.630. The maximum atomic E-state index is 12.0. The van der Waals surface area contributed by atoms with Gasteiger partial charge in [0.05, 0.1) is 6.20 Å². The topological polar surface area (TPSA) is 84.0 Å². The first kappa shape index (κ1) is 14.2. The molecule has 0 bridgehead atoms. The van der Waals surface area contributed by atoms with Crippen LogP contribution in [0.3, 0.4) is 0 Å². The van der Waals surface area contributed by atoms with Crippen molar-refractivity contribution in [2.75, 3.05) is 0 Å². The van der Waals surface area contributed by atoms with Gasteiger partial charge in [-0.2, -0.15) is 0 Å². The molecule has 0 aliphatic heterocycles. The molecule has 2 N–H and O–H groups in total. The minimum atomic E-state index is -0.461. The molecule has 20 heavy (non-hydrogen) atoms. The summed E-state index contributed by atoms with van der Waals surface area (Å²) < 4.78 is 0. The van der Waals surface area contributed by atoms with Crippen LogP contribution in [0, 0.1) is 5.92 Å². The fourth-order valence-corrected chi connectivity index (χ4v) is 2.12. The Morgan fingerprint density at radius 1 is 1.10 bits per heavy atom. The van der Waals surface area contributed by atoms with E-state index in [9.17, 15) is 9.59 Å². The van der Waals surface area contributed by atoms with Crippen LogP contribution in [0.5, 0.6) is 0 Å². The van der Waals surface area contributed by atoms with Crippen LogP contribution in [-0.2, 0) is 4.79 Å². The highest BCUT2D eigenvalue weighted by Gasteiger charge is 2.19. The minimum Gasteiger partial charge on any atom is -0.273 e. The third kappa shape index (κ3) is 4.15. The van der Waals surface area contributed by atoms with Crippen LogP contribution in [0.2, 0.25) is 0 Å². The Kier molecular flexibility index (Phi) is 5.23. The van der Waals surface area contributed by atoms with Gasteiger partial charge in [-0.3, -0.25) is 25.4 Å². The van der Waals surface area contributed by atoms with Crippen molar-refractivity contribution in [1.82, 2.24) is 20.8 Å². The smallest absolute Gasteiger partial charge is 0.273 e. The standard InChI is InChI=1S/C14H18N4O2/c19-13(11-6-4-2-1-3-5-7-11)17-18-14(20)12-10-15-8-9-16-12/h1-2,8-11H,3-7H2,(H,17,19)(H,18,20)/b2-1-. The van der Waals surface area contributed by atoms with Gasteiger partial charge in [-0.1, -0.05) is 12.2 Å². The molecule has 1 aromatic rings. The molecule has 0 saturated heterocycles. The zero-order chi connectivity index (χ0) is 14.2. The zero-order valence-electron chi connectivity index (χ0n) is 11.2. The second kappa shape index (κ2) is 7.37. The van der Waals surface area contributed by atoms with Crippen LogP contribution in [0.4, 0.5) is 0 Å². The monoisotopic (exact) mass is 274 g/mol. The van der Waals surface area contributed by atoms with E-state index in [-0.39, 0.29) is 17.5 Å². The number of aromatic nitrogens is 2. The van der Waals surface area contributed by atoms with Crippen molar-refractivity contribution in [1.29, 1.82) is 0 Å². The highest BCUT2D eigenvalue weighted by Crippen LogP contribution is 2.18. The molecule has 1 aliphatic rings. The summed E-state index contributed by atoms with van der Waals surface area (Å²) in [7, 11) is 0. The second-order valence-corrected chi connectivity index (χ2v) is 4.71. The predicted octanol–water partition coefficient (Wildman–Crippen LogP) is 1.37. The summed E-state index contributed by atoms with van der Waals surface area (Å²) in [6, 6.07) is 0. The van der Waals surface area contributed by atoms with Crippen molar-refractivity contribution in [3.05, 3.63) is 36.4 Å². The lowest BCUT2D eigenvalue weighted by Gasteiger charge is -2.17. The van der Waals surface area contributed by atoms with E-state index >= 15 is 0 Å². The van der Waals surface area contributed by atoms with Gasteiger partial charge in [0.15, 0.2) is 0 Å². The van der Waals surface area contributed by atoms with Crippen LogP contribution >= 0.6 is 0 Å². The number of hydrogen-bond donors (Lipinski definition) is 2. The Balaban J connectivity index is 1.82. The van der Waals surface area contributed by atoms with Gasteiger partial charge in [0.2, 0.25) is 5.91 Å². The Morgan fingerprint density at radius 3 is 2.75 bits per heavy atom. The van der Waals surface area contributed by atoms with Gasteiger partial charge in [0, 0.05) is 18.3 Å². The van der Waals surface area contributed by atoms with Gasteiger partial charge in [0.1, 0.15) is 5.69 Å². The highest BCUT2D eigenvalue weighted by molar-refractivity contribution is 5.93. The number of hydrogen-bond acceptors (Lipinski definition) is 4. The van der Waals surface area contributed by atoms with Crippen molar-refractivity contribution in [2.45, 2.75) is 32.1 Å². The van der Waals surface area contributed by atoms with E-state index in [0.29, 0.717) is 0 Å². The molecule has 0 aromatic carbocycles. The molecule has 6 heteroatoms. The number of hydrazine groups is 1. The lowest BCUT2D eigenvalue weighted by molar-refractivity contribution is -0.126. The molecule has 6 nitrogen and oxygen atoms in total. The van der Waals surface area contributed by atoms with Crippen molar-refractivity contribution >= 4 is 11.8 Å². The second-order valence-electron chi connectivity index (χ2n) is 4.71. The minimum absolute atomic E-state index is 0.0536. The first-order chi connectivity index (χ1) is 9.77. The molecular weight excluding hydrogens is 256 g/mol. The third-order valence-corrected chi connectivity index (χ3v) is 3.24. The lowest BCUT2D eigenvalue weighted by atomic mass is 9.93. The first-order valence-electron chi connectivity index (χ1n) is 6.78. The van der Waals surface area contributed by atoms with Crippen LogP contribution in [-0.4, -0.2) is 21.8 Å². The van der Waals surface area contributed by atoms with Gasteiger partial charge >= 0.3 is 0 Å². The van der Waals surface area contributed by atoms with E-state index < -0.39 is 5.91 Å². The summed E-state index contributed by atoms with van der Waals surface area (Å²) in [5.74, 6) is -0.656. The maximum absolute atomic E-state index is 12.0. The highest BCUT2D eigenvalue weighted by atomic mass is 16.2. The van der Waals surface area contributed by atoms with Crippen molar-refractivity contribution < 1.29 is 9.59 Å². The van der Waals surface area contributed by atoms with E-state index in [2.05, 4.69) is 33.0 Å². The van der Waals surface area contributed by atoms with Crippen molar-refractivity contribution in [3.63, 3.8) is 0 Å². The molecule has 0 fully saturated rings. The molecule has 1 aromatic heterocycles. The summed E-state index contributed by atoms with van der Waals surface area (Å²) in [5.41, 5.74) is 5.02. The van der Waals surface area contributed by atoms with Crippen LogP contribution in [0.1, 0.15) is 42.6 Å². The van der Waals surface area contributed by atoms with E-state index in [0.717, 1.165) is 32.1 Å². The van der Waals surface area contributed by atoms with Gasteiger partial charge in [0.25, 0.3) is 5.91 Å². The van der Waals surface area contributed by atoms with E-state index in [1.807, 2.05) is 0 Å².